The maximum Gasteiger partial charge on any atom is 0.123 e. The van der Waals surface area contributed by atoms with Gasteiger partial charge in [-0.15, -0.1) is 12.4 Å². The van der Waals surface area contributed by atoms with E-state index < -0.39 is 12.2 Å². The van der Waals surface area contributed by atoms with Crippen molar-refractivity contribution in [2.75, 3.05) is 26.2 Å². The van der Waals surface area contributed by atoms with Crippen molar-refractivity contribution in [2.24, 2.45) is 5.92 Å². The molecule has 154 valence electrons. The summed E-state index contributed by atoms with van der Waals surface area (Å²) in [6.07, 6.45) is 7.14. The molecule has 1 aromatic carbocycles. The summed E-state index contributed by atoms with van der Waals surface area (Å²) in [4.78, 5) is 2.25. The zero-order valence-electron chi connectivity index (χ0n) is 15.9. The topological polar surface area (TPSA) is 52.9 Å². The predicted octanol–water partition coefficient (Wildman–Crippen LogP) is 3.70. The lowest BCUT2D eigenvalue weighted by molar-refractivity contribution is -0.0383. The molecular formula is C21H33ClFNO3. The molecule has 1 saturated heterocycles. The molecule has 2 aliphatic rings. The molecule has 2 fully saturated rings. The predicted molar refractivity (Wildman–Crippen MR) is 107 cm³/mol. The molecule has 0 spiro atoms. The van der Waals surface area contributed by atoms with E-state index in [0.29, 0.717) is 19.3 Å². The van der Waals surface area contributed by atoms with Crippen LogP contribution in [0.15, 0.2) is 24.3 Å². The molecule has 6 heteroatoms. The summed E-state index contributed by atoms with van der Waals surface area (Å²) in [7, 11) is 0. The summed E-state index contributed by atoms with van der Waals surface area (Å²) < 4.78 is 18.9. The average Bonchev–Trinajstić information content (AvgIpc) is 2.68. The van der Waals surface area contributed by atoms with Crippen LogP contribution in [0.5, 0.6) is 0 Å². The molecular weight excluding hydrogens is 369 g/mol. The molecule has 2 unspecified atom stereocenters. The number of likely N-dealkylation sites (tertiary alicyclic amines) is 1. The van der Waals surface area contributed by atoms with Crippen LogP contribution < -0.4 is 0 Å². The normalized spacial score (nSPS) is 22.2. The number of β-amino-alcohol motifs (C(OH)–C–C–N with tert-alkyl or cyclic N) is 1. The Labute approximate surface area is 168 Å². The Morgan fingerprint density at radius 3 is 2.26 bits per heavy atom. The third-order valence-corrected chi connectivity index (χ3v) is 5.84. The number of halogens is 2. The molecule has 2 atom stereocenters. The van der Waals surface area contributed by atoms with Gasteiger partial charge in [0.05, 0.1) is 24.9 Å². The third kappa shape index (κ3) is 6.99. The van der Waals surface area contributed by atoms with Crippen molar-refractivity contribution in [2.45, 2.75) is 63.3 Å². The first-order valence-corrected chi connectivity index (χ1v) is 10.1. The van der Waals surface area contributed by atoms with Gasteiger partial charge < -0.3 is 19.8 Å². The van der Waals surface area contributed by atoms with Gasteiger partial charge in [0, 0.05) is 6.54 Å². The third-order valence-electron chi connectivity index (χ3n) is 5.84. The lowest BCUT2D eigenvalue weighted by atomic mass is 9.87. The van der Waals surface area contributed by atoms with E-state index in [1.807, 2.05) is 0 Å². The number of ether oxygens (including phenoxy) is 1. The fraction of sp³-hybridized carbons (Fsp3) is 0.714. The number of rotatable bonds is 7. The smallest absolute Gasteiger partial charge is 0.123 e. The maximum absolute atomic E-state index is 13.0. The van der Waals surface area contributed by atoms with Crippen molar-refractivity contribution in [3.63, 3.8) is 0 Å². The molecule has 3 rings (SSSR count). The minimum Gasteiger partial charge on any atom is -0.389 e. The highest BCUT2D eigenvalue weighted by Crippen LogP contribution is 2.30. The van der Waals surface area contributed by atoms with Gasteiger partial charge in [0.1, 0.15) is 5.82 Å². The van der Waals surface area contributed by atoms with Gasteiger partial charge in [-0.3, -0.25) is 0 Å². The van der Waals surface area contributed by atoms with E-state index in [0.717, 1.165) is 44.3 Å². The minimum absolute atomic E-state index is 0. The number of nitrogens with zero attached hydrogens (tertiary/aromatic N) is 1. The second-order valence-corrected chi connectivity index (χ2v) is 7.88. The van der Waals surface area contributed by atoms with Gasteiger partial charge in [0.15, 0.2) is 0 Å². The number of aliphatic hydroxyl groups excluding tert-OH is 2. The second-order valence-electron chi connectivity index (χ2n) is 7.88. The fourth-order valence-electron chi connectivity index (χ4n) is 4.21. The number of aliphatic hydroxyl groups is 2. The molecule has 1 aliphatic carbocycles. The molecule has 0 amide bonds. The van der Waals surface area contributed by atoms with E-state index in [4.69, 9.17) is 4.74 Å². The summed E-state index contributed by atoms with van der Waals surface area (Å²) in [6, 6.07) is 6.13. The molecule has 1 aliphatic heterocycles. The first-order chi connectivity index (χ1) is 12.6. The summed E-state index contributed by atoms with van der Waals surface area (Å²) in [5.74, 6) is -0.0902. The van der Waals surface area contributed by atoms with Crippen LogP contribution in [0.4, 0.5) is 4.39 Å². The Morgan fingerprint density at radius 2 is 1.63 bits per heavy atom. The quantitative estimate of drug-likeness (QED) is 0.731. The Balaban J connectivity index is 0.00000261. The van der Waals surface area contributed by atoms with Crippen molar-refractivity contribution in [1.29, 1.82) is 0 Å². The van der Waals surface area contributed by atoms with Crippen molar-refractivity contribution >= 4 is 12.4 Å². The molecule has 1 saturated carbocycles. The largest absolute Gasteiger partial charge is 0.389 e. The van der Waals surface area contributed by atoms with Crippen molar-refractivity contribution in [1.82, 2.24) is 4.90 Å². The molecule has 0 radical (unpaired) electrons. The second kappa shape index (κ2) is 11.3. The summed E-state index contributed by atoms with van der Waals surface area (Å²) in [5, 5.41) is 20.8. The van der Waals surface area contributed by atoms with Crippen LogP contribution in [0.3, 0.4) is 0 Å². The van der Waals surface area contributed by atoms with Gasteiger partial charge in [0.2, 0.25) is 0 Å². The average molecular weight is 402 g/mol. The maximum atomic E-state index is 13.0. The van der Waals surface area contributed by atoms with Crippen LogP contribution in [0.2, 0.25) is 0 Å². The van der Waals surface area contributed by atoms with Gasteiger partial charge >= 0.3 is 0 Å². The van der Waals surface area contributed by atoms with E-state index in [2.05, 4.69) is 4.90 Å². The van der Waals surface area contributed by atoms with Crippen LogP contribution in [0.25, 0.3) is 0 Å². The minimum atomic E-state index is -0.544. The van der Waals surface area contributed by atoms with Crippen LogP contribution in [0, 0.1) is 11.7 Å². The highest BCUT2D eigenvalue weighted by Gasteiger charge is 2.27. The zero-order chi connectivity index (χ0) is 18.4. The number of hydrogen-bond donors (Lipinski definition) is 2. The fourth-order valence-corrected chi connectivity index (χ4v) is 4.21. The Kier molecular flexibility index (Phi) is 9.46. The van der Waals surface area contributed by atoms with Gasteiger partial charge in [-0.25, -0.2) is 4.39 Å². The van der Waals surface area contributed by atoms with Crippen molar-refractivity contribution in [3.05, 3.63) is 35.6 Å². The highest BCUT2D eigenvalue weighted by molar-refractivity contribution is 5.85. The van der Waals surface area contributed by atoms with E-state index in [9.17, 15) is 14.6 Å². The Hall–Kier alpha value is -0.720. The molecule has 0 bridgehead atoms. The molecule has 2 N–H and O–H groups in total. The lowest BCUT2D eigenvalue weighted by Crippen LogP contribution is -2.41. The van der Waals surface area contributed by atoms with Gasteiger partial charge in [-0.05, 0) is 62.4 Å². The standard InChI is InChI=1S/C21H32FNO3.ClH/c22-18-8-6-16(7-9-18)21(25)17-10-12-23(13-11-17)14-19(24)15-26-20-4-2-1-3-5-20;/h6-9,17,19-21,24-25H,1-5,10-15H2;1H. The number of piperidine rings is 1. The molecule has 1 heterocycles. The van der Waals surface area contributed by atoms with E-state index >= 15 is 0 Å². The Morgan fingerprint density at radius 1 is 1.00 bits per heavy atom. The van der Waals surface area contributed by atoms with E-state index in [1.54, 1.807) is 12.1 Å². The summed E-state index contributed by atoms with van der Waals surface area (Å²) >= 11 is 0. The van der Waals surface area contributed by atoms with Crippen molar-refractivity contribution in [3.8, 4) is 0 Å². The Bertz CT molecular complexity index is 531. The van der Waals surface area contributed by atoms with Crippen LogP contribution in [0.1, 0.15) is 56.6 Å². The zero-order valence-corrected chi connectivity index (χ0v) is 16.7. The molecule has 0 aromatic heterocycles. The number of benzene rings is 1. The lowest BCUT2D eigenvalue weighted by Gasteiger charge is -2.35. The monoisotopic (exact) mass is 401 g/mol. The molecule has 1 aromatic rings. The summed E-state index contributed by atoms with van der Waals surface area (Å²) in [6.45, 7) is 2.78. The van der Waals surface area contributed by atoms with Crippen molar-refractivity contribution < 1.29 is 19.3 Å². The van der Waals surface area contributed by atoms with Crippen LogP contribution in [-0.4, -0.2) is 53.6 Å². The molecule has 27 heavy (non-hydrogen) atoms. The van der Waals surface area contributed by atoms with Gasteiger partial charge in [0.25, 0.3) is 0 Å². The molecule has 4 nitrogen and oxygen atoms in total. The first-order valence-electron chi connectivity index (χ1n) is 10.1. The number of hydrogen-bond acceptors (Lipinski definition) is 4. The first kappa shape index (κ1) is 22.6. The van der Waals surface area contributed by atoms with Crippen LogP contribution >= 0.6 is 12.4 Å². The summed E-state index contributed by atoms with van der Waals surface area (Å²) in [5.41, 5.74) is 0.783. The van der Waals surface area contributed by atoms with Crippen LogP contribution in [-0.2, 0) is 4.74 Å². The van der Waals surface area contributed by atoms with Gasteiger partial charge in [-0.1, -0.05) is 31.4 Å². The van der Waals surface area contributed by atoms with E-state index in [1.165, 1.54) is 31.4 Å². The SMILES string of the molecule is Cl.OC(COC1CCCCC1)CN1CCC(C(O)c2ccc(F)cc2)CC1. The van der Waals surface area contributed by atoms with E-state index in [-0.39, 0.29) is 24.1 Å². The van der Waals surface area contributed by atoms with Gasteiger partial charge in [-0.2, -0.15) is 0 Å². The highest BCUT2D eigenvalue weighted by atomic mass is 35.5.